The SMILES string of the molecule is COc1cc(C(=O)N2CCN(CC(C)(C)N)CC2)ccc1C. The van der Waals surface area contributed by atoms with Crippen molar-refractivity contribution in [2.24, 2.45) is 5.73 Å². The lowest BCUT2D eigenvalue weighted by Crippen LogP contribution is -2.54. The van der Waals surface area contributed by atoms with E-state index in [9.17, 15) is 4.79 Å². The van der Waals surface area contributed by atoms with Gasteiger partial charge in [0.15, 0.2) is 0 Å². The topological polar surface area (TPSA) is 58.8 Å². The maximum Gasteiger partial charge on any atom is 0.254 e. The summed E-state index contributed by atoms with van der Waals surface area (Å²) in [5.74, 6) is 0.833. The minimum Gasteiger partial charge on any atom is -0.496 e. The van der Waals surface area contributed by atoms with E-state index in [2.05, 4.69) is 4.90 Å². The number of aryl methyl sites for hydroxylation is 1. The first-order valence-corrected chi connectivity index (χ1v) is 7.75. The highest BCUT2D eigenvalue weighted by molar-refractivity contribution is 5.94. The van der Waals surface area contributed by atoms with Crippen LogP contribution in [0.1, 0.15) is 29.8 Å². The number of carbonyl (C=O) groups excluding carboxylic acids is 1. The largest absolute Gasteiger partial charge is 0.496 e. The first-order valence-electron chi connectivity index (χ1n) is 7.75. The van der Waals surface area contributed by atoms with E-state index in [0.29, 0.717) is 5.56 Å². The number of hydrogen-bond acceptors (Lipinski definition) is 4. The van der Waals surface area contributed by atoms with Gasteiger partial charge in [-0.05, 0) is 38.5 Å². The summed E-state index contributed by atoms with van der Waals surface area (Å²) in [5.41, 5.74) is 7.59. The lowest BCUT2D eigenvalue weighted by atomic mass is 10.1. The molecular weight excluding hydrogens is 278 g/mol. The summed E-state index contributed by atoms with van der Waals surface area (Å²) in [5, 5.41) is 0. The fourth-order valence-electron chi connectivity index (χ4n) is 2.82. The Balaban J connectivity index is 1.98. The van der Waals surface area contributed by atoms with Gasteiger partial charge in [0.2, 0.25) is 0 Å². The van der Waals surface area contributed by atoms with E-state index in [1.807, 2.05) is 43.9 Å². The van der Waals surface area contributed by atoms with E-state index in [1.165, 1.54) is 0 Å². The second kappa shape index (κ2) is 6.67. The first kappa shape index (κ1) is 16.8. The van der Waals surface area contributed by atoms with Gasteiger partial charge in [0.05, 0.1) is 7.11 Å². The fourth-order valence-corrected chi connectivity index (χ4v) is 2.82. The van der Waals surface area contributed by atoms with Crippen LogP contribution in [0.25, 0.3) is 0 Å². The van der Waals surface area contributed by atoms with Gasteiger partial charge in [0.1, 0.15) is 5.75 Å². The Morgan fingerprint density at radius 1 is 1.27 bits per heavy atom. The lowest BCUT2D eigenvalue weighted by molar-refractivity contribution is 0.0615. The van der Waals surface area contributed by atoms with Gasteiger partial charge in [-0.25, -0.2) is 0 Å². The molecule has 2 N–H and O–H groups in total. The van der Waals surface area contributed by atoms with Crippen LogP contribution in [0.15, 0.2) is 18.2 Å². The summed E-state index contributed by atoms with van der Waals surface area (Å²) in [6.07, 6.45) is 0. The van der Waals surface area contributed by atoms with Crippen LogP contribution in [0.2, 0.25) is 0 Å². The first-order chi connectivity index (χ1) is 10.3. The normalized spacial score (nSPS) is 16.7. The predicted molar refractivity (Wildman–Crippen MR) is 88.3 cm³/mol. The van der Waals surface area contributed by atoms with E-state index in [4.69, 9.17) is 10.5 Å². The summed E-state index contributed by atoms with van der Waals surface area (Å²) >= 11 is 0. The van der Waals surface area contributed by atoms with Gasteiger partial charge in [0, 0.05) is 43.8 Å². The molecule has 1 heterocycles. The van der Waals surface area contributed by atoms with Gasteiger partial charge in [-0.2, -0.15) is 0 Å². The molecule has 22 heavy (non-hydrogen) atoms. The van der Waals surface area contributed by atoms with Crippen molar-refractivity contribution >= 4 is 5.91 Å². The quantitative estimate of drug-likeness (QED) is 0.916. The van der Waals surface area contributed by atoms with Crippen molar-refractivity contribution in [2.75, 3.05) is 39.8 Å². The maximum atomic E-state index is 12.6. The Kier molecular flexibility index (Phi) is 5.08. The molecule has 0 saturated carbocycles. The van der Waals surface area contributed by atoms with Gasteiger partial charge < -0.3 is 15.4 Å². The Bertz CT molecular complexity index is 529. The van der Waals surface area contributed by atoms with E-state index in [0.717, 1.165) is 44.0 Å². The molecule has 1 amide bonds. The predicted octanol–water partition coefficient (Wildman–Crippen LogP) is 1.50. The molecule has 1 fully saturated rings. The number of carbonyl (C=O) groups is 1. The third-order valence-corrected chi connectivity index (χ3v) is 3.95. The summed E-state index contributed by atoms with van der Waals surface area (Å²) in [6.45, 7) is 10.1. The molecule has 0 radical (unpaired) electrons. The molecule has 1 aromatic rings. The van der Waals surface area contributed by atoms with Crippen LogP contribution < -0.4 is 10.5 Å². The van der Waals surface area contributed by atoms with Crippen molar-refractivity contribution in [1.29, 1.82) is 0 Å². The minimum atomic E-state index is -0.198. The van der Waals surface area contributed by atoms with Crippen LogP contribution in [-0.2, 0) is 0 Å². The Labute approximate surface area is 133 Å². The summed E-state index contributed by atoms with van der Waals surface area (Å²) < 4.78 is 5.30. The zero-order valence-electron chi connectivity index (χ0n) is 14.1. The van der Waals surface area contributed by atoms with Crippen molar-refractivity contribution in [3.63, 3.8) is 0 Å². The molecule has 0 unspecified atom stereocenters. The van der Waals surface area contributed by atoms with E-state index in [1.54, 1.807) is 7.11 Å². The van der Waals surface area contributed by atoms with Crippen LogP contribution in [0.3, 0.4) is 0 Å². The Morgan fingerprint density at radius 3 is 2.45 bits per heavy atom. The van der Waals surface area contributed by atoms with Crippen molar-refractivity contribution in [3.8, 4) is 5.75 Å². The Hall–Kier alpha value is -1.59. The van der Waals surface area contributed by atoms with Gasteiger partial charge >= 0.3 is 0 Å². The average Bonchev–Trinajstić information content (AvgIpc) is 2.46. The molecule has 0 atom stereocenters. The minimum absolute atomic E-state index is 0.0740. The third-order valence-electron chi connectivity index (χ3n) is 3.95. The molecule has 122 valence electrons. The molecule has 5 heteroatoms. The highest BCUT2D eigenvalue weighted by Gasteiger charge is 2.25. The lowest BCUT2D eigenvalue weighted by Gasteiger charge is -2.37. The fraction of sp³-hybridized carbons (Fsp3) is 0.588. The molecule has 5 nitrogen and oxygen atoms in total. The number of nitrogens with zero attached hydrogens (tertiary/aromatic N) is 2. The van der Waals surface area contributed by atoms with Gasteiger partial charge in [-0.3, -0.25) is 9.69 Å². The van der Waals surface area contributed by atoms with Crippen LogP contribution in [-0.4, -0.2) is 61.1 Å². The standard InChI is InChI=1S/C17H27N3O2/c1-13-5-6-14(11-15(13)22-4)16(21)20-9-7-19(8-10-20)12-17(2,3)18/h5-6,11H,7-10,12,18H2,1-4H3. The number of methoxy groups -OCH3 is 1. The number of rotatable bonds is 4. The highest BCUT2D eigenvalue weighted by Crippen LogP contribution is 2.20. The number of ether oxygens (including phenoxy) is 1. The number of benzene rings is 1. The molecule has 1 aliphatic rings. The van der Waals surface area contributed by atoms with Crippen molar-refractivity contribution < 1.29 is 9.53 Å². The summed E-state index contributed by atoms with van der Waals surface area (Å²) in [4.78, 5) is 16.8. The van der Waals surface area contributed by atoms with Crippen molar-refractivity contribution in [3.05, 3.63) is 29.3 Å². The molecule has 1 aliphatic heterocycles. The second-order valence-electron chi connectivity index (χ2n) is 6.74. The van der Waals surface area contributed by atoms with Crippen molar-refractivity contribution in [1.82, 2.24) is 9.80 Å². The van der Waals surface area contributed by atoms with E-state index in [-0.39, 0.29) is 11.4 Å². The molecular formula is C17H27N3O2. The molecule has 0 bridgehead atoms. The van der Waals surface area contributed by atoms with Gasteiger partial charge in [0.25, 0.3) is 5.91 Å². The second-order valence-corrected chi connectivity index (χ2v) is 6.74. The maximum absolute atomic E-state index is 12.6. The number of piperazine rings is 1. The van der Waals surface area contributed by atoms with Gasteiger partial charge in [-0.1, -0.05) is 6.07 Å². The third kappa shape index (κ3) is 4.21. The average molecular weight is 305 g/mol. The number of amides is 1. The molecule has 2 rings (SSSR count). The van der Waals surface area contributed by atoms with Crippen molar-refractivity contribution in [2.45, 2.75) is 26.3 Å². The molecule has 0 aromatic heterocycles. The van der Waals surface area contributed by atoms with Crippen LogP contribution in [0, 0.1) is 6.92 Å². The van der Waals surface area contributed by atoms with Gasteiger partial charge in [-0.15, -0.1) is 0 Å². The summed E-state index contributed by atoms with van der Waals surface area (Å²) in [7, 11) is 1.63. The number of nitrogens with two attached hydrogens (primary N) is 1. The van der Waals surface area contributed by atoms with Crippen LogP contribution in [0.5, 0.6) is 5.75 Å². The summed E-state index contributed by atoms with van der Waals surface area (Å²) in [6, 6.07) is 5.63. The van der Waals surface area contributed by atoms with E-state index < -0.39 is 0 Å². The van der Waals surface area contributed by atoms with Crippen LogP contribution >= 0.6 is 0 Å². The molecule has 0 spiro atoms. The zero-order chi connectivity index (χ0) is 16.3. The monoisotopic (exact) mass is 305 g/mol. The highest BCUT2D eigenvalue weighted by atomic mass is 16.5. The zero-order valence-corrected chi connectivity index (χ0v) is 14.1. The molecule has 1 saturated heterocycles. The van der Waals surface area contributed by atoms with E-state index >= 15 is 0 Å². The molecule has 0 aliphatic carbocycles. The van der Waals surface area contributed by atoms with Crippen LogP contribution in [0.4, 0.5) is 0 Å². The molecule has 1 aromatic carbocycles. The smallest absolute Gasteiger partial charge is 0.254 e. The number of hydrogen-bond donors (Lipinski definition) is 1. The Morgan fingerprint density at radius 2 is 1.91 bits per heavy atom.